The molecule has 1 aromatic heterocycles. The molecule has 5 heteroatoms. The molecule has 2 aromatic carbocycles. The molecule has 0 atom stereocenters. The summed E-state index contributed by atoms with van der Waals surface area (Å²) in [6, 6.07) is 18.4. The maximum Gasteiger partial charge on any atom is 0.255 e. The summed E-state index contributed by atoms with van der Waals surface area (Å²) in [6.07, 6.45) is 1.74. The molecule has 0 bridgehead atoms. The summed E-state index contributed by atoms with van der Waals surface area (Å²) in [5.41, 5.74) is 4.60. The molecule has 0 radical (unpaired) electrons. The van der Waals surface area contributed by atoms with Crippen LogP contribution in [0.1, 0.15) is 42.4 Å². The molecule has 0 aliphatic carbocycles. The molecule has 0 spiro atoms. The van der Waals surface area contributed by atoms with Gasteiger partial charge in [0.2, 0.25) is 0 Å². The standard InChI is InChI=1S/C22H21N3O2.C2H6/c1-15(24-20-9-6-14-23-16(20)2)19-7-4-5-8-21(19)25-22(26)17-10-12-18(27-3)13-11-17;1-2/h4-14H,1-3H3,(H,25,26);1-2H3. The molecule has 3 rings (SSSR count). The molecule has 0 aliphatic rings. The van der Waals surface area contributed by atoms with Crippen LogP contribution in [0, 0.1) is 6.92 Å². The number of carbonyl (C=O) groups excluding carboxylic acids is 1. The molecule has 150 valence electrons. The number of methoxy groups -OCH3 is 1. The summed E-state index contributed by atoms with van der Waals surface area (Å²) < 4.78 is 5.13. The summed E-state index contributed by atoms with van der Waals surface area (Å²) in [5.74, 6) is 0.525. The first-order valence-corrected chi connectivity index (χ1v) is 9.60. The highest BCUT2D eigenvalue weighted by molar-refractivity contribution is 6.10. The van der Waals surface area contributed by atoms with Crippen LogP contribution >= 0.6 is 0 Å². The van der Waals surface area contributed by atoms with Crippen LogP contribution in [-0.4, -0.2) is 23.7 Å². The van der Waals surface area contributed by atoms with Crippen molar-refractivity contribution >= 4 is 23.0 Å². The van der Waals surface area contributed by atoms with Gasteiger partial charge in [0, 0.05) is 23.0 Å². The van der Waals surface area contributed by atoms with Gasteiger partial charge in [0.1, 0.15) is 5.75 Å². The smallest absolute Gasteiger partial charge is 0.255 e. The number of benzene rings is 2. The molecule has 3 aromatic rings. The predicted molar refractivity (Wildman–Crippen MR) is 120 cm³/mol. The second-order valence-electron chi connectivity index (χ2n) is 6.03. The molecule has 0 aliphatic heterocycles. The minimum absolute atomic E-state index is 0.185. The van der Waals surface area contributed by atoms with Crippen molar-refractivity contribution in [2.75, 3.05) is 12.4 Å². The van der Waals surface area contributed by atoms with Crippen LogP contribution in [0.2, 0.25) is 0 Å². The second kappa shape index (κ2) is 10.8. The molecule has 0 fully saturated rings. The molecule has 1 N–H and O–H groups in total. The minimum Gasteiger partial charge on any atom is -0.497 e. The third-order valence-corrected chi connectivity index (χ3v) is 4.18. The SMILES string of the molecule is CC.COc1ccc(C(=O)Nc2ccccc2C(C)=Nc2cccnc2C)cc1. The van der Waals surface area contributed by atoms with Crippen LogP contribution in [-0.2, 0) is 0 Å². The largest absolute Gasteiger partial charge is 0.497 e. The van der Waals surface area contributed by atoms with Crippen molar-refractivity contribution in [2.24, 2.45) is 4.99 Å². The lowest BCUT2D eigenvalue weighted by molar-refractivity contribution is 0.102. The van der Waals surface area contributed by atoms with E-state index in [4.69, 9.17) is 4.74 Å². The molecular formula is C24H27N3O2. The van der Waals surface area contributed by atoms with E-state index >= 15 is 0 Å². The fourth-order valence-corrected chi connectivity index (χ4v) is 2.68. The van der Waals surface area contributed by atoms with Gasteiger partial charge in [-0.2, -0.15) is 0 Å². The number of aryl methyl sites for hydroxylation is 1. The van der Waals surface area contributed by atoms with E-state index < -0.39 is 0 Å². The van der Waals surface area contributed by atoms with E-state index in [2.05, 4.69) is 15.3 Å². The van der Waals surface area contributed by atoms with Crippen molar-refractivity contribution in [2.45, 2.75) is 27.7 Å². The molecular weight excluding hydrogens is 362 g/mol. The number of hydrogen-bond acceptors (Lipinski definition) is 4. The lowest BCUT2D eigenvalue weighted by Crippen LogP contribution is -2.14. The summed E-state index contributed by atoms with van der Waals surface area (Å²) in [7, 11) is 1.59. The van der Waals surface area contributed by atoms with Gasteiger partial charge in [0.05, 0.1) is 24.2 Å². The Bertz CT molecular complexity index is 979. The summed E-state index contributed by atoms with van der Waals surface area (Å²) in [4.78, 5) is 21.5. The van der Waals surface area contributed by atoms with Crippen LogP contribution in [0.5, 0.6) is 5.75 Å². The van der Waals surface area contributed by atoms with Gasteiger partial charge < -0.3 is 10.1 Å². The number of aromatic nitrogens is 1. The van der Waals surface area contributed by atoms with Gasteiger partial charge in [-0.3, -0.25) is 14.8 Å². The lowest BCUT2D eigenvalue weighted by Gasteiger charge is -2.12. The Hall–Kier alpha value is -3.47. The Morgan fingerprint density at radius 3 is 2.34 bits per heavy atom. The Morgan fingerprint density at radius 1 is 1.00 bits per heavy atom. The normalized spacial score (nSPS) is 10.6. The zero-order valence-corrected chi connectivity index (χ0v) is 17.6. The topological polar surface area (TPSA) is 63.6 Å². The number of nitrogens with one attached hydrogen (secondary N) is 1. The monoisotopic (exact) mass is 389 g/mol. The minimum atomic E-state index is -0.185. The number of rotatable bonds is 5. The molecule has 0 unspecified atom stereocenters. The number of carbonyl (C=O) groups is 1. The maximum absolute atomic E-state index is 12.6. The third-order valence-electron chi connectivity index (χ3n) is 4.18. The molecule has 5 nitrogen and oxygen atoms in total. The summed E-state index contributed by atoms with van der Waals surface area (Å²) in [6.45, 7) is 7.84. The van der Waals surface area contributed by atoms with Gasteiger partial charge >= 0.3 is 0 Å². The number of amides is 1. The fourth-order valence-electron chi connectivity index (χ4n) is 2.68. The van der Waals surface area contributed by atoms with Crippen molar-refractivity contribution in [3.05, 3.63) is 83.7 Å². The van der Waals surface area contributed by atoms with Crippen molar-refractivity contribution in [3.63, 3.8) is 0 Å². The molecule has 0 saturated carbocycles. The number of hydrogen-bond donors (Lipinski definition) is 1. The number of para-hydroxylation sites is 1. The van der Waals surface area contributed by atoms with E-state index in [-0.39, 0.29) is 5.91 Å². The van der Waals surface area contributed by atoms with Gasteiger partial charge in [0.15, 0.2) is 0 Å². The molecule has 0 saturated heterocycles. The van der Waals surface area contributed by atoms with E-state index in [1.54, 1.807) is 37.6 Å². The van der Waals surface area contributed by atoms with Crippen LogP contribution in [0.15, 0.2) is 71.9 Å². The first-order valence-electron chi connectivity index (χ1n) is 9.60. The Labute approximate surface area is 172 Å². The average molecular weight is 389 g/mol. The number of aliphatic imine (C=N–C) groups is 1. The van der Waals surface area contributed by atoms with Crippen LogP contribution in [0.3, 0.4) is 0 Å². The number of anilines is 1. The van der Waals surface area contributed by atoms with Crippen LogP contribution in [0.4, 0.5) is 11.4 Å². The van der Waals surface area contributed by atoms with E-state index in [1.165, 1.54) is 0 Å². The third kappa shape index (κ3) is 5.75. The van der Waals surface area contributed by atoms with E-state index in [0.717, 1.165) is 22.7 Å². The van der Waals surface area contributed by atoms with Gasteiger partial charge in [0.25, 0.3) is 5.91 Å². The van der Waals surface area contributed by atoms with Crippen molar-refractivity contribution in [1.82, 2.24) is 4.98 Å². The van der Waals surface area contributed by atoms with Gasteiger partial charge in [-0.15, -0.1) is 0 Å². The van der Waals surface area contributed by atoms with Crippen LogP contribution in [0.25, 0.3) is 0 Å². The summed E-state index contributed by atoms with van der Waals surface area (Å²) >= 11 is 0. The van der Waals surface area contributed by atoms with Gasteiger partial charge in [-0.05, 0) is 56.3 Å². The highest BCUT2D eigenvalue weighted by Crippen LogP contribution is 2.22. The maximum atomic E-state index is 12.6. The zero-order chi connectivity index (χ0) is 21.2. The second-order valence-corrected chi connectivity index (χ2v) is 6.03. The van der Waals surface area contributed by atoms with Gasteiger partial charge in [-0.1, -0.05) is 32.0 Å². The van der Waals surface area contributed by atoms with Crippen molar-refractivity contribution in [3.8, 4) is 5.75 Å². The molecule has 1 amide bonds. The van der Waals surface area contributed by atoms with E-state index in [1.807, 2.05) is 64.1 Å². The number of ether oxygens (including phenoxy) is 1. The molecule has 29 heavy (non-hydrogen) atoms. The zero-order valence-electron chi connectivity index (χ0n) is 17.6. The van der Waals surface area contributed by atoms with E-state index in [0.29, 0.717) is 17.0 Å². The Kier molecular flexibility index (Phi) is 8.10. The first-order chi connectivity index (χ1) is 14.1. The Balaban J connectivity index is 0.00000145. The fraction of sp³-hybridized carbons (Fsp3) is 0.208. The predicted octanol–water partition coefficient (Wildman–Crippen LogP) is 5.82. The summed E-state index contributed by atoms with van der Waals surface area (Å²) in [5, 5.41) is 2.97. The quantitative estimate of drug-likeness (QED) is 0.559. The van der Waals surface area contributed by atoms with Gasteiger partial charge in [-0.25, -0.2) is 0 Å². The lowest BCUT2D eigenvalue weighted by atomic mass is 10.1. The van der Waals surface area contributed by atoms with E-state index in [9.17, 15) is 4.79 Å². The number of nitrogens with zero attached hydrogens (tertiary/aromatic N) is 2. The number of pyridine rings is 1. The van der Waals surface area contributed by atoms with Crippen molar-refractivity contribution < 1.29 is 9.53 Å². The average Bonchev–Trinajstić information content (AvgIpc) is 2.77. The highest BCUT2D eigenvalue weighted by Gasteiger charge is 2.11. The Morgan fingerprint density at radius 2 is 1.69 bits per heavy atom. The van der Waals surface area contributed by atoms with Crippen LogP contribution < -0.4 is 10.1 Å². The van der Waals surface area contributed by atoms with Crippen molar-refractivity contribution in [1.29, 1.82) is 0 Å². The molecule has 1 heterocycles. The first kappa shape index (κ1) is 21.8. The highest BCUT2D eigenvalue weighted by atomic mass is 16.5.